The van der Waals surface area contributed by atoms with E-state index in [0.717, 1.165) is 65.8 Å². The Labute approximate surface area is 511 Å². The van der Waals surface area contributed by atoms with Crippen LogP contribution < -0.4 is 31.9 Å². The van der Waals surface area contributed by atoms with Gasteiger partial charge in [0.25, 0.3) is 0 Å². The molecule has 0 aromatic carbocycles. The van der Waals surface area contributed by atoms with Crippen molar-refractivity contribution in [2.75, 3.05) is 38.1 Å². The molecule has 0 saturated carbocycles. The van der Waals surface area contributed by atoms with Gasteiger partial charge in [0.15, 0.2) is 18.2 Å². The summed E-state index contributed by atoms with van der Waals surface area (Å²) in [5.41, 5.74) is 2.47. The van der Waals surface area contributed by atoms with Crippen molar-refractivity contribution in [3.05, 3.63) is 17.0 Å². The van der Waals surface area contributed by atoms with Gasteiger partial charge in [-0.3, -0.25) is 38.4 Å². The lowest BCUT2D eigenvalue weighted by Gasteiger charge is -2.34. The van der Waals surface area contributed by atoms with Crippen LogP contribution in [0.3, 0.4) is 0 Å². The van der Waals surface area contributed by atoms with E-state index in [-0.39, 0.29) is 71.0 Å². The van der Waals surface area contributed by atoms with Gasteiger partial charge in [-0.05, 0) is 96.5 Å². The maximum Gasteiger partial charge on any atom is 0.335 e. The number of ether oxygens (including phenoxy) is 1. The molecule has 5 rings (SSSR count). The maximum absolute atomic E-state index is 14.6. The Morgan fingerprint density at radius 2 is 1.19 bits per heavy atom. The van der Waals surface area contributed by atoms with Crippen LogP contribution >= 0.6 is 0 Å². The molecule has 5 heterocycles. The zero-order valence-corrected chi connectivity index (χ0v) is 51.1. The van der Waals surface area contributed by atoms with Crippen molar-refractivity contribution >= 4 is 71.1 Å². The molecule has 13 atom stereocenters. The number of carbonyl (C=O) groups excluding carboxylic acids is 9. The minimum absolute atomic E-state index is 0.0170. The van der Waals surface area contributed by atoms with Crippen LogP contribution in [-0.4, -0.2) is 237 Å². The lowest BCUT2D eigenvalue weighted by atomic mass is 10.0. The predicted octanol–water partition coefficient (Wildman–Crippen LogP) is -2.04. The van der Waals surface area contributed by atoms with E-state index in [2.05, 4.69) is 50.4 Å². The lowest BCUT2D eigenvalue weighted by molar-refractivity contribution is -0.165. The number of rotatable bonds is 22. The third kappa shape index (κ3) is 19.4. The van der Waals surface area contributed by atoms with Gasteiger partial charge in [0.05, 0.1) is 25.2 Å². The number of fused-ring (bicyclic) bond motifs is 3. The van der Waals surface area contributed by atoms with Crippen LogP contribution in [0.1, 0.15) is 154 Å². The number of aromatic nitrogens is 2. The number of esters is 1. The molecule has 30 heteroatoms. The van der Waals surface area contributed by atoms with E-state index < -0.39 is 164 Å². The van der Waals surface area contributed by atoms with Gasteiger partial charge < -0.3 is 87.1 Å². The van der Waals surface area contributed by atoms with Gasteiger partial charge in [-0.1, -0.05) is 65.7 Å². The number of aliphatic carboxylic acids is 2. The summed E-state index contributed by atoms with van der Waals surface area (Å²) in [4.78, 5) is 165. The molecule has 492 valence electrons. The molecule has 88 heavy (non-hydrogen) atoms. The molecule has 0 spiro atoms. The first-order valence-electron chi connectivity index (χ1n) is 30.7. The number of unbranched alkanes of at least 4 members (excludes halogenated alkanes) is 6. The Morgan fingerprint density at radius 1 is 0.625 bits per heavy atom. The smallest absolute Gasteiger partial charge is 0.335 e. The molecule has 1 aromatic heterocycles. The van der Waals surface area contributed by atoms with Crippen molar-refractivity contribution in [1.82, 2.24) is 51.3 Å². The Hall–Kier alpha value is -7.15. The molecule has 13 N–H and O–H groups in total. The van der Waals surface area contributed by atoms with Gasteiger partial charge in [-0.15, -0.1) is 0 Å². The zero-order chi connectivity index (χ0) is 65.1. The molecule has 30 nitrogen and oxygen atoms in total. The van der Waals surface area contributed by atoms with Crippen LogP contribution in [0.2, 0.25) is 0 Å². The van der Waals surface area contributed by atoms with Gasteiger partial charge in [0.1, 0.15) is 48.4 Å². The molecular weight excluding hydrogens is 1150 g/mol. The second-order valence-corrected chi connectivity index (χ2v) is 23.7. The Balaban J connectivity index is 1.53. The monoisotopic (exact) mass is 1250 g/mol. The van der Waals surface area contributed by atoms with Gasteiger partial charge in [0.2, 0.25) is 53.2 Å². The highest BCUT2D eigenvalue weighted by Gasteiger charge is 2.49. The maximum atomic E-state index is 14.6. The van der Waals surface area contributed by atoms with Crippen LogP contribution in [0.5, 0.6) is 0 Å². The number of cyclic esters (lactones) is 1. The normalized spacial score (nSPS) is 27.0. The molecule has 1 aromatic rings. The van der Waals surface area contributed by atoms with E-state index in [0.29, 0.717) is 37.5 Å². The molecule has 4 aliphatic heterocycles. The van der Waals surface area contributed by atoms with Gasteiger partial charge in [-0.25, -0.2) is 24.4 Å². The van der Waals surface area contributed by atoms with Crippen molar-refractivity contribution in [3.8, 4) is 0 Å². The SMILES string of the molecule is CCc1c(C)nc(NCCCC2NC(=O)[C@@H]3CCCN3C(=O)[C@H]3CCCN3C(=O)C([C@H](C)O)NC(=O)[C@@H]([C@@H](O)C(=O)O)NC(=O)C[C@@H](CCCCCCCCCC(C)C)OC(=O)[C@H]([C@H](O)C(=O)O)NC(=O)[C@@H]3[C@@H](O)CCN3C(=O)[C@@H](CO)NC2=O)nc1C. The summed E-state index contributed by atoms with van der Waals surface area (Å²) in [6.07, 6.45) is -4.17. The summed E-state index contributed by atoms with van der Waals surface area (Å²) >= 11 is 0. The number of aliphatic hydroxyl groups is 5. The quantitative estimate of drug-likeness (QED) is 0.0439. The summed E-state index contributed by atoms with van der Waals surface area (Å²) in [5, 5.41) is 89.1. The number of hydrogen-bond acceptors (Lipinski definition) is 20. The second kappa shape index (κ2) is 34.0. The molecule has 0 radical (unpaired) electrons. The van der Waals surface area contributed by atoms with Crippen LogP contribution in [0.4, 0.5) is 5.95 Å². The molecule has 4 fully saturated rings. The molecule has 0 bridgehead atoms. The van der Waals surface area contributed by atoms with Crippen molar-refractivity contribution in [2.45, 2.75) is 236 Å². The summed E-state index contributed by atoms with van der Waals surface area (Å²) in [6, 6.07) is -14.7. The molecule has 2 unspecified atom stereocenters. The highest BCUT2D eigenvalue weighted by Crippen LogP contribution is 2.28. The van der Waals surface area contributed by atoms with E-state index >= 15 is 0 Å². The lowest BCUT2D eigenvalue weighted by Crippen LogP contribution is -2.63. The first-order valence-corrected chi connectivity index (χ1v) is 30.7. The van der Waals surface area contributed by atoms with E-state index in [1.54, 1.807) is 0 Å². The fraction of sp³-hybridized carbons (Fsp3) is 0.741. The number of amides is 8. The van der Waals surface area contributed by atoms with Crippen molar-refractivity contribution < 1.29 is 93.2 Å². The minimum atomic E-state index is -2.77. The fourth-order valence-corrected chi connectivity index (χ4v) is 11.7. The van der Waals surface area contributed by atoms with E-state index in [9.17, 15) is 88.5 Å². The molecular formula is C58H91N11O19. The number of carbonyl (C=O) groups is 11. The molecule has 0 aliphatic carbocycles. The number of nitrogens with zero attached hydrogens (tertiary/aromatic N) is 5. The third-order valence-electron chi connectivity index (χ3n) is 16.6. The molecule has 4 aliphatic rings. The van der Waals surface area contributed by atoms with Crippen LogP contribution in [0, 0.1) is 19.8 Å². The van der Waals surface area contributed by atoms with E-state index in [1.165, 1.54) is 4.90 Å². The first-order chi connectivity index (χ1) is 41.7. The number of carboxylic acids is 2. The number of carboxylic acid groups (broad SMARTS) is 2. The Bertz CT molecular complexity index is 2620. The number of aliphatic hydroxyl groups excluding tert-OH is 5. The fourth-order valence-electron chi connectivity index (χ4n) is 11.7. The third-order valence-corrected chi connectivity index (χ3v) is 16.6. The zero-order valence-electron chi connectivity index (χ0n) is 51.1. The average Bonchev–Trinajstić information content (AvgIpc) is 3.66. The van der Waals surface area contributed by atoms with E-state index in [1.807, 2.05) is 26.1 Å². The summed E-state index contributed by atoms with van der Waals surface area (Å²) < 4.78 is 5.63. The van der Waals surface area contributed by atoms with Crippen molar-refractivity contribution in [1.29, 1.82) is 0 Å². The Morgan fingerprint density at radius 3 is 1.78 bits per heavy atom. The summed E-state index contributed by atoms with van der Waals surface area (Å²) in [7, 11) is 0. The van der Waals surface area contributed by atoms with Gasteiger partial charge in [0, 0.05) is 37.6 Å². The summed E-state index contributed by atoms with van der Waals surface area (Å²) in [5.74, 6) is -13.7. The Kier molecular flexibility index (Phi) is 27.7. The highest BCUT2D eigenvalue weighted by atomic mass is 16.5. The first kappa shape index (κ1) is 71.6. The molecule has 8 amide bonds. The average molecular weight is 1250 g/mol. The highest BCUT2D eigenvalue weighted by molar-refractivity contribution is 6.00. The predicted molar refractivity (Wildman–Crippen MR) is 311 cm³/mol. The van der Waals surface area contributed by atoms with Crippen LogP contribution in [0.15, 0.2) is 0 Å². The summed E-state index contributed by atoms with van der Waals surface area (Å²) in [6.45, 7) is 9.58. The van der Waals surface area contributed by atoms with Crippen LogP contribution in [-0.2, 0) is 63.9 Å². The number of hydrogen-bond donors (Lipinski definition) is 13. The second-order valence-electron chi connectivity index (χ2n) is 23.7. The minimum Gasteiger partial charge on any atom is -0.479 e. The van der Waals surface area contributed by atoms with Crippen molar-refractivity contribution in [3.63, 3.8) is 0 Å². The standard InChI is InChI=1S/C58H91N11O19/c1-7-35-31(4)60-58(61-32(35)5)59-24-15-20-36-48(76)63-37(29-70)52(80)69-27-23-40(72)45(69)51(79)66-44(47(75)56(85)86)57(87)88-34(19-14-12-10-8-9-11-13-18-30(2)3)28-41(73)64-43(46(74)55(83)84)50(78)65-42(33(6)71)54(82)68-26-17-22-39(68)53(81)67-25-16-21-38(67)49(77)62-36/h30,33-34,36-40,42-47,70-72,74-75H,7-29H2,1-6H3,(H,62,77)(H,63,76)(H,64,73)(H,65,78)(H,66,79)(H,83,84)(H,85,86)(H,59,60,61)/t33-,34+,36?,37+,38-,39+,40-,42?,43+,44-,45-,46+,47-/m0/s1. The van der Waals surface area contributed by atoms with Crippen LogP contribution in [0.25, 0.3) is 0 Å². The largest absolute Gasteiger partial charge is 0.479 e. The number of anilines is 1. The van der Waals surface area contributed by atoms with Crippen molar-refractivity contribution in [2.24, 2.45) is 5.92 Å². The van der Waals surface area contributed by atoms with Gasteiger partial charge >= 0.3 is 17.9 Å². The molecule has 4 saturated heterocycles. The number of nitrogens with one attached hydrogen (secondary N) is 6. The topological polar surface area (TPSA) is 446 Å². The van der Waals surface area contributed by atoms with Gasteiger partial charge in [-0.2, -0.15) is 0 Å². The van der Waals surface area contributed by atoms with E-state index in [4.69, 9.17) is 4.74 Å². The number of aryl methyl sites for hydroxylation is 2.